The number of nitrogens with zero attached hydrogens (tertiary/aromatic N) is 2. The third kappa shape index (κ3) is 7.21. The molecule has 1 N–H and O–H groups in total. The van der Waals surface area contributed by atoms with Gasteiger partial charge in [0.2, 0.25) is 11.8 Å². The van der Waals surface area contributed by atoms with Crippen LogP contribution >= 0.6 is 0 Å². The largest absolute Gasteiger partial charge is 0.444 e. The van der Waals surface area contributed by atoms with Crippen LogP contribution in [0.3, 0.4) is 0 Å². The highest BCUT2D eigenvalue weighted by molar-refractivity contribution is 5.83. The summed E-state index contributed by atoms with van der Waals surface area (Å²) in [6.45, 7) is 9.23. The number of benzene rings is 1. The molecule has 0 spiro atoms. The molecule has 0 aliphatic carbocycles. The van der Waals surface area contributed by atoms with Crippen molar-refractivity contribution in [3.05, 3.63) is 35.4 Å². The zero-order chi connectivity index (χ0) is 20.7. The van der Waals surface area contributed by atoms with E-state index >= 15 is 0 Å². The third-order valence-electron chi connectivity index (χ3n) is 4.52. The lowest BCUT2D eigenvalue weighted by molar-refractivity contribution is -0.139. The van der Waals surface area contributed by atoms with E-state index in [2.05, 4.69) is 29.6 Å². The van der Waals surface area contributed by atoms with E-state index in [1.165, 1.54) is 5.56 Å². The fourth-order valence-electron chi connectivity index (χ4n) is 2.94. The van der Waals surface area contributed by atoms with Gasteiger partial charge in [-0.05, 0) is 39.7 Å². The first-order valence-corrected chi connectivity index (χ1v) is 9.72. The van der Waals surface area contributed by atoms with Crippen molar-refractivity contribution in [2.75, 3.05) is 32.7 Å². The van der Waals surface area contributed by atoms with Crippen LogP contribution in [0.15, 0.2) is 24.3 Å². The van der Waals surface area contributed by atoms with Crippen LogP contribution in [0, 0.1) is 6.92 Å². The molecule has 1 aliphatic heterocycles. The maximum Gasteiger partial charge on any atom is 0.408 e. The van der Waals surface area contributed by atoms with Gasteiger partial charge in [0.05, 0.1) is 0 Å². The van der Waals surface area contributed by atoms with Gasteiger partial charge in [-0.15, -0.1) is 0 Å². The monoisotopic (exact) mass is 389 g/mol. The molecule has 28 heavy (non-hydrogen) atoms. The van der Waals surface area contributed by atoms with Crippen molar-refractivity contribution >= 4 is 17.9 Å². The van der Waals surface area contributed by atoms with Gasteiger partial charge in [0.15, 0.2) is 0 Å². The predicted molar refractivity (Wildman–Crippen MR) is 107 cm³/mol. The molecule has 1 saturated heterocycles. The summed E-state index contributed by atoms with van der Waals surface area (Å²) in [5.74, 6) is -0.0582. The number of hydrogen-bond donors (Lipinski definition) is 1. The Morgan fingerprint density at radius 1 is 0.964 bits per heavy atom. The Balaban J connectivity index is 1.69. The Morgan fingerprint density at radius 3 is 2.04 bits per heavy atom. The number of hydrogen-bond acceptors (Lipinski definition) is 4. The number of carbonyl (C=O) groups excluding carboxylic acids is 3. The minimum atomic E-state index is -0.606. The fraction of sp³-hybridized carbons (Fsp3) is 0.571. The number of carbonyl (C=O) groups is 3. The molecule has 7 heteroatoms. The SMILES string of the molecule is Cc1ccc(CCC(=O)N2CCN(C(=O)CNC(=O)OC(C)(C)C)CC2)cc1. The lowest BCUT2D eigenvalue weighted by Crippen LogP contribution is -2.52. The molecule has 0 aromatic heterocycles. The van der Waals surface area contributed by atoms with E-state index in [1.807, 2.05) is 6.92 Å². The zero-order valence-corrected chi connectivity index (χ0v) is 17.3. The number of nitrogens with one attached hydrogen (secondary N) is 1. The van der Waals surface area contributed by atoms with Crippen molar-refractivity contribution < 1.29 is 19.1 Å². The normalized spacial score (nSPS) is 14.6. The second kappa shape index (κ2) is 9.57. The fourth-order valence-corrected chi connectivity index (χ4v) is 2.94. The lowest BCUT2D eigenvalue weighted by Gasteiger charge is -2.35. The smallest absolute Gasteiger partial charge is 0.408 e. The van der Waals surface area contributed by atoms with Crippen molar-refractivity contribution in [1.29, 1.82) is 0 Å². The summed E-state index contributed by atoms with van der Waals surface area (Å²) in [7, 11) is 0. The minimum Gasteiger partial charge on any atom is -0.444 e. The predicted octanol–water partition coefficient (Wildman–Crippen LogP) is 2.12. The summed E-state index contributed by atoms with van der Waals surface area (Å²) in [5.41, 5.74) is 1.76. The van der Waals surface area contributed by atoms with Gasteiger partial charge >= 0.3 is 6.09 Å². The minimum absolute atomic E-state index is 0.101. The van der Waals surface area contributed by atoms with Crippen LogP contribution in [0.2, 0.25) is 0 Å². The van der Waals surface area contributed by atoms with Gasteiger partial charge in [-0.1, -0.05) is 29.8 Å². The zero-order valence-electron chi connectivity index (χ0n) is 17.3. The van der Waals surface area contributed by atoms with E-state index in [-0.39, 0.29) is 18.4 Å². The van der Waals surface area contributed by atoms with Crippen LogP contribution in [-0.4, -0.2) is 66.0 Å². The average Bonchev–Trinajstić information content (AvgIpc) is 2.64. The molecule has 0 atom stereocenters. The molecule has 0 bridgehead atoms. The van der Waals surface area contributed by atoms with Crippen molar-refractivity contribution in [3.8, 4) is 0 Å². The number of aryl methyl sites for hydroxylation is 2. The van der Waals surface area contributed by atoms with Crippen molar-refractivity contribution in [2.45, 2.75) is 46.1 Å². The van der Waals surface area contributed by atoms with Crippen LogP contribution in [0.25, 0.3) is 0 Å². The molecule has 0 unspecified atom stereocenters. The molecule has 3 amide bonds. The summed E-state index contributed by atoms with van der Waals surface area (Å²) in [4.78, 5) is 39.8. The van der Waals surface area contributed by atoms with Crippen LogP contribution in [0.1, 0.15) is 38.3 Å². The van der Waals surface area contributed by atoms with Crippen molar-refractivity contribution in [1.82, 2.24) is 15.1 Å². The number of rotatable bonds is 5. The Hall–Kier alpha value is -2.57. The summed E-state index contributed by atoms with van der Waals surface area (Å²) in [6.07, 6.45) is 0.584. The molecule has 1 aliphatic rings. The summed E-state index contributed by atoms with van der Waals surface area (Å²) in [5, 5.41) is 2.48. The van der Waals surface area contributed by atoms with Crippen LogP contribution in [0.4, 0.5) is 4.79 Å². The highest BCUT2D eigenvalue weighted by Crippen LogP contribution is 2.10. The average molecular weight is 389 g/mol. The molecular formula is C21H31N3O4. The Morgan fingerprint density at radius 2 is 1.50 bits per heavy atom. The van der Waals surface area contributed by atoms with Gasteiger partial charge in [-0.2, -0.15) is 0 Å². The molecule has 2 rings (SSSR count). The molecule has 154 valence electrons. The molecular weight excluding hydrogens is 358 g/mol. The van der Waals surface area contributed by atoms with Crippen LogP contribution in [-0.2, 0) is 20.7 Å². The van der Waals surface area contributed by atoms with Crippen LogP contribution < -0.4 is 5.32 Å². The van der Waals surface area contributed by atoms with Crippen molar-refractivity contribution in [3.63, 3.8) is 0 Å². The summed E-state index contributed by atoms with van der Waals surface area (Å²) >= 11 is 0. The maximum absolute atomic E-state index is 12.4. The van der Waals surface area contributed by atoms with Crippen LogP contribution in [0.5, 0.6) is 0 Å². The lowest BCUT2D eigenvalue weighted by atomic mass is 10.1. The van der Waals surface area contributed by atoms with E-state index in [9.17, 15) is 14.4 Å². The standard InChI is InChI=1S/C21H31N3O4/c1-16-5-7-17(8-6-16)9-10-18(25)23-11-13-24(14-12-23)19(26)15-22-20(27)28-21(2,3)4/h5-8H,9-15H2,1-4H3,(H,22,27). The van der Waals surface area contributed by atoms with Gasteiger partial charge < -0.3 is 19.9 Å². The summed E-state index contributed by atoms with van der Waals surface area (Å²) < 4.78 is 5.12. The molecule has 1 heterocycles. The quantitative estimate of drug-likeness (QED) is 0.837. The van der Waals surface area contributed by atoms with E-state index in [1.54, 1.807) is 30.6 Å². The third-order valence-corrected chi connectivity index (χ3v) is 4.52. The Kier molecular flexibility index (Phi) is 7.43. The van der Waals surface area contributed by atoms with E-state index in [0.29, 0.717) is 32.6 Å². The van der Waals surface area contributed by atoms with E-state index < -0.39 is 11.7 Å². The highest BCUT2D eigenvalue weighted by Gasteiger charge is 2.24. The van der Waals surface area contributed by atoms with E-state index in [4.69, 9.17) is 4.74 Å². The van der Waals surface area contributed by atoms with Gasteiger partial charge in [0, 0.05) is 32.6 Å². The number of amides is 3. The van der Waals surface area contributed by atoms with Gasteiger partial charge in [0.1, 0.15) is 12.1 Å². The molecule has 0 radical (unpaired) electrons. The second-order valence-corrected chi connectivity index (χ2v) is 8.10. The molecule has 1 fully saturated rings. The van der Waals surface area contributed by atoms with E-state index in [0.717, 1.165) is 12.0 Å². The number of piperazine rings is 1. The Labute approximate surface area is 167 Å². The molecule has 1 aromatic rings. The number of alkyl carbamates (subject to hydrolysis) is 1. The Bertz CT molecular complexity index is 687. The molecule has 1 aromatic carbocycles. The van der Waals surface area contributed by atoms with Gasteiger partial charge in [-0.25, -0.2) is 4.79 Å². The second-order valence-electron chi connectivity index (χ2n) is 8.10. The number of ether oxygens (including phenoxy) is 1. The summed E-state index contributed by atoms with van der Waals surface area (Å²) in [6, 6.07) is 8.21. The first kappa shape index (κ1) is 21.7. The molecule has 7 nitrogen and oxygen atoms in total. The van der Waals surface area contributed by atoms with Gasteiger partial charge in [0.25, 0.3) is 0 Å². The highest BCUT2D eigenvalue weighted by atomic mass is 16.6. The topological polar surface area (TPSA) is 79.0 Å². The first-order chi connectivity index (χ1) is 13.1. The maximum atomic E-state index is 12.4. The molecule has 0 saturated carbocycles. The first-order valence-electron chi connectivity index (χ1n) is 9.72. The van der Waals surface area contributed by atoms with Crippen molar-refractivity contribution in [2.24, 2.45) is 0 Å². The van der Waals surface area contributed by atoms with Gasteiger partial charge in [-0.3, -0.25) is 9.59 Å².